The predicted octanol–water partition coefficient (Wildman–Crippen LogP) is 2.76. The summed E-state index contributed by atoms with van der Waals surface area (Å²) in [6.45, 7) is 10.2. The van der Waals surface area contributed by atoms with Crippen LogP contribution in [0, 0.1) is 6.92 Å². The number of ether oxygens (including phenoxy) is 1. The lowest BCUT2D eigenvalue weighted by Crippen LogP contribution is -2.41. The zero-order chi connectivity index (χ0) is 18.1. The van der Waals surface area contributed by atoms with Crippen LogP contribution in [0.5, 0.6) is 0 Å². The molecule has 0 saturated carbocycles. The Balaban J connectivity index is 2.34. The second kappa shape index (κ2) is 6.71. The van der Waals surface area contributed by atoms with Crippen LogP contribution >= 0.6 is 0 Å². The molecule has 1 fully saturated rings. The van der Waals surface area contributed by atoms with Gasteiger partial charge in [0, 0.05) is 6.54 Å². The van der Waals surface area contributed by atoms with Crippen molar-refractivity contribution in [3.05, 3.63) is 40.4 Å². The number of carbonyl (C=O) groups is 1. The highest BCUT2D eigenvalue weighted by atomic mass is 16.7. The van der Waals surface area contributed by atoms with E-state index in [0.29, 0.717) is 12.1 Å². The van der Waals surface area contributed by atoms with E-state index in [1.807, 2.05) is 52.8 Å². The summed E-state index contributed by atoms with van der Waals surface area (Å²) >= 11 is 0. The van der Waals surface area contributed by atoms with E-state index in [1.165, 1.54) is 7.11 Å². The van der Waals surface area contributed by atoms with E-state index in [4.69, 9.17) is 19.8 Å². The number of hydrogen-bond donors (Lipinski definition) is 1. The summed E-state index contributed by atoms with van der Waals surface area (Å²) in [7, 11) is 0.878. The zero-order valence-electron chi connectivity index (χ0n) is 15.3. The first-order valence-electron chi connectivity index (χ1n) is 8.06. The Hall–Kier alpha value is -1.63. The number of benzene rings is 1. The molecule has 0 unspecified atom stereocenters. The van der Waals surface area contributed by atoms with Crippen molar-refractivity contribution in [3.8, 4) is 0 Å². The van der Waals surface area contributed by atoms with Gasteiger partial charge in [-0.05, 0) is 57.3 Å². The second-order valence-electron chi connectivity index (χ2n) is 7.08. The average molecular weight is 331 g/mol. The molecule has 24 heavy (non-hydrogen) atoms. The van der Waals surface area contributed by atoms with E-state index >= 15 is 0 Å². The van der Waals surface area contributed by atoms with Gasteiger partial charge in [-0.1, -0.05) is 18.2 Å². The Bertz CT molecular complexity index is 651. The molecule has 1 saturated heterocycles. The summed E-state index contributed by atoms with van der Waals surface area (Å²) in [6, 6.07) is 5.61. The van der Waals surface area contributed by atoms with Gasteiger partial charge in [0.05, 0.1) is 23.9 Å². The maximum Gasteiger partial charge on any atom is 0.491 e. The third-order valence-corrected chi connectivity index (χ3v) is 4.81. The lowest BCUT2D eigenvalue weighted by molar-refractivity contribution is 0.00578. The van der Waals surface area contributed by atoms with Gasteiger partial charge in [-0.2, -0.15) is 0 Å². The highest BCUT2D eigenvalue weighted by molar-refractivity contribution is 6.55. The second-order valence-corrected chi connectivity index (χ2v) is 7.08. The molecule has 0 bridgehead atoms. The van der Waals surface area contributed by atoms with E-state index in [-0.39, 0.29) is 5.97 Å². The first-order chi connectivity index (χ1) is 11.1. The van der Waals surface area contributed by atoms with Crippen LogP contribution in [0.25, 0.3) is 6.08 Å². The molecule has 2 rings (SSSR count). The summed E-state index contributed by atoms with van der Waals surface area (Å²) in [5.41, 5.74) is 8.16. The molecule has 0 aliphatic carbocycles. The van der Waals surface area contributed by atoms with Gasteiger partial charge in [-0.25, -0.2) is 4.79 Å². The molecule has 0 spiro atoms. The molecular weight excluding hydrogens is 305 g/mol. The molecule has 1 aromatic rings. The topological polar surface area (TPSA) is 70.8 Å². The first-order valence-corrected chi connectivity index (χ1v) is 8.06. The van der Waals surface area contributed by atoms with Gasteiger partial charge in [-0.15, -0.1) is 0 Å². The van der Waals surface area contributed by atoms with Gasteiger partial charge >= 0.3 is 13.1 Å². The quantitative estimate of drug-likeness (QED) is 0.678. The van der Waals surface area contributed by atoms with Crippen molar-refractivity contribution in [3.63, 3.8) is 0 Å². The van der Waals surface area contributed by atoms with Crippen LogP contribution in [0.15, 0.2) is 23.7 Å². The minimum absolute atomic E-state index is 0.304. The van der Waals surface area contributed by atoms with Crippen molar-refractivity contribution >= 4 is 19.2 Å². The summed E-state index contributed by atoms with van der Waals surface area (Å²) < 4.78 is 16.9. The fourth-order valence-corrected chi connectivity index (χ4v) is 2.49. The van der Waals surface area contributed by atoms with Crippen LogP contribution < -0.4 is 5.73 Å². The Morgan fingerprint density at radius 3 is 2.33 bits per heavy atom. The predicted molar refractivity (Wildman–Crippen MR) is 95.6 cm³/mol. The van der Waals surface area contributed by atoms with Gasteiger partial charge in [0.25, 0.3) is 0 Å². The van der Waals surface area contributed by atoms with Crippen molar-refractivity contribution in [2.24, 2.45) is 5.73 Å². The molecule has 1 aliphatic heterocycles. The monoisotopic (exact) mass is 331 g/mol. The van der Waals surface area contributed by atoms with Crippen molar-refractivity contribution in [1.29, 1.82) is 0 Å². The van der Waals surface area contributed by atoms with Crippen LogP contribution in [0.1, 0.15) is 49.2 Å². The molecule has 5 nitrogen and oxygen atoms in total. The molecule has 130 valence electrons. The van der Waals surface area contributed by atoms with E-state index in [9.17, 15) is 4.79 Å². The zero-order valence-corrected chi connectivity index (χ0v) is 15.3. The highest BCUT2D eigenvalue weighted by Crippen LogP contribution is 2.38. The summed E-state index contributed by atoms with van der Waals surface area (Å²) in [6.07, 6.45) is 1.91. The number of esters is 1. The van der Waals surface area contributed by atoms with Gasteiger partial charge in [0.2, 0.25) is 0 Å². The minimum Gasteiger partial charge on any atom is -0.465 e. The number of aryl methyl sites for hydroxylation is 1. The van der Waals surface area contributed by atoms with Gasteiger partial charge < -0.3 is 19.8 Å². The van der Waals surface area contributed by atoms with E-state index in [1.54, 1.807) is 6.07 Å². The average Bonchev–Trinajstić information content (AvgIpc) is 2.73. The van der Waals surface area contributed by atoms with E-state index in [2.05, 4.69) is 0 Å². The summed E-state index contributed by atoms with van der Waals surface area (Å²) in [4.78, 5) is 11.9. The number of hydrogen-bond acceptors (Lipinski definition) is 5. The number of carbonyl (C=O) groups excluding carboxylic acids is 1. The Morgan fingerprint density at radius 1 is 1.25 bits per heavy atom. The van der Waals surface area contributed by atoms with Crippen molar-refractivity contribution in [2.75, 3.05) is 13.7 Å². The molecule has 6 heteroatoms. The third kappa shape index (κ3) is 3.56. The smallest absolute Gasteiger partial charge is 0.465 e. The van der Waals surface area contributed by atoms with Crippen LogP contribution in [0.2, 0.25) is 0 Å². The van der Waals surface area contributed by atoms with Crippen LogP contribution in [-0.2, 0) is 14.0 Å². The van der Waals surface area contributed by atoms with E-state index < -0.39 is 18.3 Å². The fourth-order valence-electron chi connectivity index (χ4n) is 2.49. The molecule has 1 heterocycles. The molecule has 0 radical (unpaired) electrons. The lowest BCUT2D eigenvalue weighted by Gasteiger charge is -2.32. The fraction of sp³-hybridized carbons (Fsp3) is 0.500. The Morgan fingerprint density at radius 2 is 1.83 bits per heavy atom. The molecule has 0 amide bonds. The standard InChI is InChI=1S/C18H26BNO4/c1-12-7-8-13(10-15(12)16(21)22-6)9-14(11-20)19-23-17(2,3)18(4,5)24-19/h7-10H,11,20H2,1-6H3. The SMILES string of the molecule is COC(=O)c1cc(C=C(CN)B2OC(C)(C)C(C)(C)O2)ccc1C. The number of nitrogens with two attached hydrogens (primary N) is 1. The number of methoxy groups -OCH3 is 1. The van der Waals surface area contributed by atoms with Crippen molar-refractivity contribution in [2.45, 2.75) is 45.8 Å². The summed E-state index contributed by atoms with van der Waals surface area (Å²) in [5, 5.41) is 0. The molecular formula is C18H26BNO4. The maximum absolute atomic E-state index is 11.9. The first kappa shape index (κ1) is 18.7. The Kier molecular flexibility index (Phi) is 5.23. The minimum atomic E-state index is -0.497. The normalized spacial score (nSPS) is 19.5. The van der Waals surface area contributed by atoms with Gasteiger partial charge in [0.1, 0.15) is 0 Å². The molecule has 0 atom stereocenters. The van der Waals surface area contributed by atoms with Crippen molar-refractivity contribution < 1.29 is 18.8 Å². The largest absolute Gasteiger partial charge is 0.491 e. The van der Waals surface area contributed by atoms with Gasteiger partial charge in [-0.3, -0.25) is 0 Å². The highest BCUT2D eigenvalue weighted by Gasteiger charge is 2.52. The molecule has 0 aromatic heterocycles. The third-order valence-electron chi connectivity index (χ3n) is 4.81. The van der Waals surface area contributed by atoms with Crippen LogP contribution in [-0.4, -0.2) is 37.9 Å². The molecule has 2 N–H and O–H groups in total. The molecule has 1 aliphatic rings. The van der Waals surface area contributed by atoms with Crippen molar-refractivity contribution in [1.82, 2.24) is 0 Å². The van der Waals surface area contributed by atoms with Crippen LogP contribution in [0.3, 0.4) is 0 Å². The van der Waals surface area contributed by atoms with Crippen LogP contribution in [0.4, 0.5) is 0 Å². The van der Waals surface area contributed by atoms with Gasteiger partial charge in [0.15, 0.2) is 0 Å². The van der Waals surface area contributed by atoms with E-state index in [0.717, 1.165) is 16.6 Å². The lowest BCUT2D eigenvalue weighted by atomic mass is 9.77. The number of rotatable bonds is 4. The molecule has 1 aromatic carbocycles. The maximum atomic E-state index is 11.9. The Labute approximate surface area is 144 Å². The summed E-state index contributed by atoms with van der Waals surface area (Å²) in [5.74, 6) is -0.354.